The summed E-state index contributed by atoms with van der Waals surface area (Å²) in [6.45, 7) is 0.622. The minimum Gasteiger partial charge on any atom is -0.497 e. The van der Waals surface area contributed by atoms with Crippen LogP contribution in [0.3, 0.4) is 0 Å². The predicted octanol–water partition coefficient (Wildman–Crippen LogP) is 1.87. The van der Waals surface area contributed by atoms with Crippen LogP contribution in [-0.2, 0) is 16.4 Å². The number of thiocarbonyl (C=S) groups is 1. The van der Waals surface area contributed by atoms with Crippen molar-refractivity contribution in [2.75, 3.05) is 19.0 Å². The first-order chi connectivity index (χ1) is 11.4. The number of hydrogen-bond donors (Lipinski definition) is 3. The van der Waals surface area contributed by atoms with Gasteiger partial charge in [-0.15, -0.1) is 0 Å². The zero-order valence-electron chi connectivity index (χ0n) is 13.2. The highest BCUT2D eigenvalue weighted by Gasteiger charge is 2.06. The SMILES string of the molecule is COc1ccc(NC(=S)NCCc2ccc(S(N)(=O)=O)cc2)cc1. The van der Waals surface area contributed by atoms with Crippen molar-refractivity contribution < 1.29 is 13.2 Å². The van der Waals surface area contributed by atoms with Crippen LogP contribution in [0.4, 0.5) is 5.69 Å². The monoisotopic (exact) mass is 365 g/mol. The van der Waals surface area contributed by atoms with Gasteiger partial charge in [-0.1, -0.05) is 12.1 Å². The molecule has 0 saturated carbocycles. The minimum absolute atomic E-state index is 0.107. The number of primary sulfonamides is 1. The number of benzene rings is 2. The summed E-state index contributed by atoms with van der Waals surface area (Å²) in [5, 5.41) is 11.8. The van der Waals surface area contributed by atoms with Gasteiger partial charge < -0.3 is 15.4 Å². The van der Waals surface area contributed by atoms with Crippen molar-refractivity contribution in [1.82, 2.24) is 5.32 Å². The second-order valence-corrected chi connectivity index (χ2v) is 7.02. The summed E-state index contributed by atoms with van der Waals surface area (Å²) in [5.41, 5.74) is 1.85. The molecule has 4 N–H and O–H groups in total. The molecule has 0 atom stereocenters. The van der Waals surface area contributed by atoms with Crippen molar-refractivity contribution in [3.05, 3.63) is 54.1 Å². The lowest BCUT2D eigenvalue weighted by molar-refractivity contribution is 0.415. The topological polar surface area (TPSA) is 93.4 Å². The molecule has 0 fully saturated rings. The molecule has 2 aromatic carbocycles. The molecular formula is C16H19N3O3S2. The number of hydrogen-bond acceptors (Lipinski definition) is 4. The van der Waals surface area contributed by atoms with Crippen molar-refractivity contribution in [1.29, 1.82) is 0 Å². The summed E-state index contributed by atoms with van der Waals surface area (Å²) in [4.78, 5) is 0.107. The number of methoxy groups -OCH3 is 1. The molecule has 0 spiro atoms. The van der Waals surface area contributed by atoms with Crippen LogP contribution in [0.2, 0.25) is 0 Å². The molecule has 0 aliphatic heterocycles. The van der Waals surface area contributed by atoms with E-state index in [0.29, 0.717) is 18.1 Å². The lowest BCUT2D eigenvalue weighted by Gasteiger charge is -2.11. The summed E-state index contributed by atoms with van der Waals surface area (Å²) in [5.74, 6) is 0.780. The van der Waals surface area contributed by atoms with E-state index in [4.69, 9.17) is 22.1 Å². The van der Waals surface area contributed by atoms with E-state index in [0.717, 1.165) is 17.0 Å². The molecule has 0 radical (unpaired) electrons. The molecule has 0 aromatic heterocycles. The van der Waals surface area contributed by atoms with Crippen molar-refractivity contribution in [2.45, 2.75) is 11.3 Å². The second-order valence-electron chi connectivity index (χ2n) is 5.05. The van der Waals surface area contributed by atoms with Crippen LogP contribution < -0.4 is 20.5 Å². The molecule has 0 aliphatic rings. The van der Waals surface area contributed by atoms with Gasteiger partial charge in [-0.25, -0.2) is 13.6 Å². The van der Waals surface area contributed by atoms with Crippen molar-refractivity contribution >= 4 is 33.0 Å². The lowest BCUT2D eigenvalue weighted by Crippen LogP contribution is -2.30. The standard InChI is InChI=1S/C16H19N3O3S2/c1-22-14-6-4-13(5-7-14)19-16(23)18-11-10-12-2-8-15(9-3-12)24(17,20)21/h2-9H,10-11H2,1H3,(H2,17,20,21)(H2,18,19,23). The van der Waals surface area contributed by atoms with Crippen LogP contribution >= 0.6 is 12.2 Å². The predicted molar refractivity (Wildman–Crippen MR) is 98.7 cm³/mol. The Hall–Kier alpha value is -2.16. The summed E-state index contributed by atoms with van der Waals surface area (Å²) >= 11 is 5.23. The molecule has 0 heterocycles. The van der Waals surface area contributed by atoms with Gasteiger partial charge in [0.1, 0.15) is 5.75 Å². The fourth-order valence-corrected chi connectivity index (χ4v) is 2.75. The lowest BCUT2D eigenvalue weighted by atomic mass is 10.1. The quantitative estimate of drug-likeness (QED) is 0.677. The Labute approximate surface area is 147 Å². The Morgan fingerprint density at radius 2 is 1.75 bits per heavy atom. The molecule has 0 aliphatic carbocycles. The molecule has 2 rings (SSSR count). The Morgan fingerprint density at radius 1 is 1.12 bits per heavy atom. The van der Waals surface area contributed by atoms with Crippen molar-refractivity contribution in [3.63, 3.8) is 0 Å². The number of nitrogens with one attached hydrogen (secondary N) is 2. The van der Waals surface area contributed by atoms with E-state index in [1.807, 2.05) is 24.3 Å². The number of anilines is 1. The third-order valence-corrected chi connectivity index (χ3v) is 4.47. The average molecular weight is 365 g/mol. The van der Waals surface area contributed by atoms with Crippen LogP contribution in [0.1, 0.15) is 5.56 Å². The van der Waals surface area contributed by atoms with Gasteiger partial charge in [0.2, 0.25) is 10.0 Å². The largest absolute Gasteiger partial charge is 0.497 e. The highest BCUT2D eigenvalue weighted by Crippen LogP contribution is 2.14. The molecule has 0 bridgehead atoms. The summed E-state index contributed by atoms with van der Waals surface area (Å²) in [6, 6.07) is 13.9. The number of rotatable bonds is 6. The van der Waals surface area contributed by atoms with E-state index in [1.54, 1.807) is 19.2 Å². The van der Waals surface area contributed by atoms with E-state index in [1.165, 1.54) is 12.1 Å². The van der Waals surface area contributed by atoms with Crippen LogP contribution in [0.15, 0.2) is 53.4 Å². The molecule has 2 aromatic rings. The van der Waals surface area contributed by atoms with Gasteiger partial charge in [-0.05, 0) is 60.6 Å². The van der Waals surface area contributed by atoms with Crippen molar-refractivity contribution in [3.8, 4) is 5.75 Å². The molecule has 0 unspecified atom stereocenters. The Balaban J connectivity index is 1.79. The van der Waals surface area contributed by atoms with Gasteiger partial charge in [0.15, 0.2) is 5.11 Å². The third-order valence-electron chi connectivity index (χ3n) is 3.30. The molecule has 0 saturated heterocycles. The van der Waals surface area contributed by atoms with E-state index in [9.17, 15) is 8.42 Å². The highest BCUT2D eigenvalue weighted by molar-refractivity contribution is 7.89. The Bertz CT molecular complexity index is 788. The van der Waals surface area contributed by atoms with Crippen LogP contribution in [0, 0.1) is 0 Å². The van der Waals surface area contributed by atoms with E-state index in [-0.39, 0.29) is 4.90 Å². The molecule has 6 nitrogen and oxygen atoms in total. The van der Waals surface area contributed by atoms with E-state index < -0.39 is 10.0 Å². The molecule has 0 amide bonds. The molecule has 8 heteroatoms. The molecule has 128 valence electrons. The third kappa shape index (κ3) is 5.48. The highest BCUT2D eigenvalue weighted by atomic mass is 32.2. The Kier molecular flexibility index (Phi) is 6.13. The molecular weight excluding hydrogens is 346 g/mol. The number of ether oxygens (including phenoxy) is 1. The first-order valence-corrected chi connectivity index (χ1v) is 9.14. The first-order valence-electron chi connectivity index (χ1n) is 7.19. The van der Waals surface area contributed by atoms with Crippen molar-refractivity contribution in [2.24, 2.45) is 5.14 Å². The fraction of sp³-hybridized carbons (Fsp3) is 0.188. The summed E-state index contributed by atoms with van der Waals surface area (Å²) in [7, 11) is -2.03. The van der Waals surface area contributed by atoms with Gasteiger partial charge in [0.05, 0.1) is 12.0 Å². The zero-order valence-corrected chi connectivity index (χ0v) is 14.8. The smallest absolute Gasteiger partial charge is 0.238 e. The van der Waals surface area contributed by atoms with Gasteiger partial charge in [0, 0.05) is 12.2 Å². The van der Waals surface area contributed by atoms with Crippen LogP contribution in [0.25, 0.3) is 0 Å². The van der Waals surface area contributed by atoms with Gasteiger partial charge in [0.25, 0.3) is 0 Å². The van der Waals surface area contributed by atoms with Gasteiger partial charge >= 0.3 is 0 Å². The minimum atomic E-state index is -3.65. The number of sulfonamides is 1. The average Bonchev–Trinajstić information content (AvgIpc) is 2.55. The maximum atomic E-state index is 11.2. The number of nitrogens with two attached hydrogens (primary N) is 1. The van der Waals surface area contributed by atoms with Crippen LogP contribution in [-0.4, -0.2) is 27.2 Å². The molecule has 24 heavy (non-hydrogen) atoms. The van der Waals surface area contributed by atoms with E-state index >= 15 is 0 Å². The Morgan fingerprint density at radius 3 is 2.29 bits per heavy atom. The van der Waals surface area contributed by atoms with Crippen LogP contribution in [0.5, 0.6) is 5.75 Å². The fourth-order valence-electron chi connectivity index (χ4n) is 2.02. The first kappa shape index (κ1) is 18.2. The maximum absolute atomic E-state index is 11.2. The summed E-state index contributed by atoms with van der Waals surface area (Å²) < 4.78 is 27.5. The zero-order chi connectivity index (χ0) is 17.6. The summed E-state index contributed by atoms with van der Waals surface area (Å²) in [6.07, 6.45) is 0.704. The van der Waals surface area contributed by atoms with Gasteiger partial charge in [-0.3, -0.25) is 0 Å². The van der Waals surface area contributed by atoms with Gasteiger partial charge in [-0.2, -0.15) is 0 Å². The maximum Gasteiger partial charge on any atom is 0.238 e. The normalized spacial score (nSPS) is 10.9. The van der Waals surface area contributed by atoms with E-state index in [2.05, 4.69) is 10.6 Å². The second kappa shape index (κ2) is 8.09.